The minimum absolute atomic E-state index is 0.00596. The number of thioether (sulfide) groups is 1. The average Bonchev–Trinajstić information content (AvgIpc) is 3.32. The van der Waals surface area contributed by atoms with Crippen molar-refractivity contribution in [2.75, 3.05) is 10.7 Å². The lowest BCUT2D eigenvalue weighted by atomic mass is 10.2. The van der Waals surface area contributed by atoms with Crippen LogP contribution in [0.1, 0.15) is 11.1 Å². The van der Waals surface area contributed by atoms with Gasteiger partial charge < -0.3 is 4.57 Å². The lowest BCUT2D eigenvalue weighted by Crippen LogP contribution is -2.31. The third-order valence-corrected chi connectivity index (χ3v) is 6.38. The second-order valence-corrected chi connectivity index (χ2v) is 8.35. The number of rotatable bonds is 6. The number of hydrogen-bond donors (Lipinski definition) is 0. The van der Waals surface area contributed by atoms with Crippen molar-refractivity contribution in [3.63, 3.8) is 0 Å². The van der Waals surface area contributed by atoms with Gasteiger partial charge in [-0.1, -0.05) is 65.6 Å². The van der Waals surface area contributed by atoms with Gasteiger partial charge in [-0.15, -0.1) is 10.2 Å². The Morgan fingerprint density at radius 1 is 1.18 bits per heavy atom. The van der Waals surface area contributed by atoms with Gasteiger partial charge in [-0.05, 0) is 24.1 Å². The van der Waals surface area contributed by atoms with Crippen molar-refractivity contribution in [3.05, 3.63) is 66.0 Å². The molecule has 0 N–H and O–H groups in total. The number of benzene rings is 2. The Balaban J connectivity index is 1.63. The first-order valence-corrected chi connectivity index (χ1v) is 10.6. The molecule has 0 spiro atoms. The molecule has 4 aromatic rings. The number of aromatic nitrogens is 4. The van der Waals surface area contributed by atoms with E-state index in [1.807, 2.05) is 62.5 Å². The molecule has 0 fully saturated rings. The van der Waals surface area contributed by atoms with Gasteiger partial charge in [0.15, 0.2) is 10.3 Å². The number of para-hydroxylation sites is 1. The molecule has 1 amide bonds. The summed E-state index contributed by atoms with van der Waals surface area (Å²) in [5, 5.41) is 9.34. The molecule has 142 valence electrons. The molecule has 0 bridgehead atoms. The van der Waals surface area contributed by atoms with Crippen LogP contribution in [0, 0.1) is 6.92 Å². The molecule has 0 unspecified atom stereocenters. The van der Waals surface area contributed by atoms with Crippen LogP contribution >= 0.6 is 23.1 Å². The van der Waals surface area contributed by atoms with Gasteiger partial charge in [-0.3, -0.25) is 9.69 Å². The van der Waals surface area contributed by atoms with Gasteiger partial charge in [0.2, 0.25) is 5.91 Å². The second kappa shape index (κ2) is 8.12. The number of aryl methyl sites for hydroxylation is 2. The van der Waals surface area contributed by atoms with Gasteiger partial charge in [0.1, 0.15) is 6.33 Å². The minimum Gasteiger partial charge on any atom is -0.312 e. The molecule has 4 rings (SSSR count). The maximum absolute atomic E-state index is 13.1. The van der Waals surface area contributed by atoms with E-state index in [1.54, 1.807) is 27.1 Å². The van der Waals surface area contributed by atoms with Crippen LogP contribution in [-0.4, -0.2) is 31.4 Å². The van der Waals surface area contributed by atoms with Gasteiger partial charge in [-0.2, -0.15) is 0 Å². The molecule has 0 atom stereocenters. The number of anilines is 1. The number of carbonyl (C=O) groups excluding carboxylic acids is 1. The molecule has 8 heteroatoms. The molecule has 0 aliphatic rings. The summed E-state index contributed by atoms with van der Waals surface area (Å²) in [6, 6.07) is 16.1. The Hall–Kier alpha value is -2.71. The van der Waals surface area contributed by atoms with Gasteiger partial charge in [-0.25, -0.2) is 4.98 Å². The van der Waals surface area contributed by atoms with Crippen LogP contribution in [0.2, 0.25) is 0 Å². The third kappa shape index (κ3) is 3.93. The number of nitrogens with zero attached hydrogens (tertiary/aromatic N) is 5. The number of amides is 1. The van der Waals surface area contributed by atoms with Crippen LogP contribution in [0.3, 0.4) is 0 Å². The largest absolute Gasteiger partial charge is 0.312 e. The van der Waals surface area contributed by atoms with Crippen molar-refractivity contribution in [1.29, 1.82) is 0 Å². The van der Waals surface area contributed by atoms with Crippen LogP contribution in [0.5, 0.6) is 0 Å². The van der Waals surface area contributed by atoms with Crippen LogP contribution < -0.4 is 4.90 Å². The van der Waals surface area contributed by atoms with Crippen molar-refractivity contribution in [3.8, 4) is 0 Å². The fourth-order valence-corrected chi connectivity index (χ4v) is 4.65. The predicted octanol–water partition coefficient (Wildman–Crippen LogP) is 4.06. The van der Waals surface area contributed by atoms with E-state index in [2.05, 4.69) is 10.2 Å². The highest BCUT2D eigenvalue weighted by Gasteiger charge is 2.21. The molecule has 6 nitrogen and oxygen atoms in total. The monoisotopic (exact) mass is 409 g/mol. The van der Waals surface area contributed by atoms with Gasteiger partial charge in [0.05, 0.1) is 22.5 Å². The molecule has 28 heavy (non-hydrogen) atoms. The first kappa shape index (κ1) is 18.6. The normalized spacial score (nSPS) is 11.1. The molecule has 0 radical (unpaired) electrons. The summed E-state index contributed by atoms with van der Waals surface area (Å²) in [5.41, 5.74) is 3.13. The fourth-order valence-electron chi connectivity index (χ4n) is 2.83. The maximum atomic E-state index is 13.1. The molecule has 0 saturated carbocycles. The Morgan fingerprint density at radius 2 is 2.00 bits per heavy atom. The van der Waals surface area contributed by atoms with Crippen LogP contribution in [0.15, 0.2) is 60.0 Å². The quantitative estimate of drug-likeness (QED) is 0.450. The summed E-state index contributed by atoms with van der Waals surface area (Å²) in [5.74, 6) is 0.266. The second-order valence-electron chi connectivity index (χ2n) is 6.40. The Morgan fingerprint density at radius 3 is 2.71 bits per heavy atom. The zero-order chi connectivity index (χ0) is 19.5. The van der Waals surface area contributed by atoms with E-state index >= 15 is 0 Å². The number of carbonyl (C=O) groups is 1. The summed E-state index contributed by atoms with van der Waals surface area (Å²) in [7, 11) is 1.87. The summed E-state index contributed by atoms with van der Waals surface area (Å²) in [6.45, 7) is 2.52. The average molecular weight is 410 g/mol. The van der Waals surface area contributed by atoms with E-state index in [4.69, 9.17) is 4.98 Å². The lowest BCUT2D eigenvalue weighted by molar-refractivity contribution is -0.116. The molecule has 2 aromatic carbocycles. The summed E-state index contributed by atoms with van der Waals surface area (Å²) in [4.78, 5) is 19.7. The van der Waals surface area contributed by atoms with E-state index in [-0.39, 0.29) is 11.7 Å². The van der Waals surface area contributed by atoms with Crippen molar-refractivity contribution in [1.82, 2.24) is 19.7 Å². The van der Waals surface area contributed by atoms with Crippen LogP contribution in [0.4, 0.5) is 5.13 Å². The highest BCUT2D eigenvalue weighted by Crippen LogP contribution is 2.32. The number of thiazole rings is 1. The van der Waals surface area contributed by atoms with Crippen molar-refractivity contribution in [2.45, 2.75) is 18.6 Å². The van der Waals surface area contributed by atoms with Crippen LogP contribution in [-0.2, 0) is 18.4 Å². The van der Waals surface area contributed by atoms with E-state index in [0.717, 1.165) is 26.5 Å². The van der Waals surface area contributed by atoms with Crippen molar-refractivity contribution >= 4 is 44.4 Å². The smallest absolute Gasteiger partial charge is 0.239 e. The first-order valence-electron chi connectivity index (χ1n) is 8.79. The van der Waals surface area contributed by atoms with Crippen molar-refractivity contribution in [2.24, 2.45) is 7.05 Å². The molecule has 2 heterocycles. The molecule has 0 aliphatic carbocycles. The van der Waals surface area contributed by atoms with Gasteiger partial charge in [0, 0.05) is 7.05 Å². The molecular weight excluding hydrogens is 390 g/mol. The Kier molecular flexibility index (Phi) is 5.40. The molecular formula is C20H19N5OS2. The Labute approximate surface area is 171 Å². The topological polar surface area (TPSA) is 63.9 Å². The zero-order valence-corrected chi connectivity index (χ0v) is 17.2. The lowest BCUT2D eigenvalue weighted by Gasteiger charge is -2.19. The molecule has 0 aliphatic heterocycles. The third-order valence-electron chi connectivity index (χ3n) is 4.32. The SMILES string of the molecule is Cc1cccc2sc(N(Cc3ccccc3)C(=O)CSc3nncn3C)nc12. The van der Waals surface area contributed by atoms with Gasteiger partial charge in [0.25, 0.3) is 0 Å². The van der Waals surface area contributed by atoms with E-state index < -0.39 is 0 Å². The minimum atomic E-state index is -0.00596. The van der Waals surface area contributed by atoms with Crippen molar-refractivity contribution < 1.29 is 4.79 Å². The van der Waals surface area contributed by atoms with E-state index in [0.29, 0.717) is 11.7 Å². The van der Waals surface area contributed by atoms with Crippen LogP contribution in [0.25, 0.3) is 10.2 Å². The number of fused-ring (bicyclic) bond motifs is 1. The van der Waals surface area contributed by atoms with E-state index in [1.165, 1.54) is 11.8 Å². The zero-order valence-electron chi connectivity index (χ0n) is 15.6. The summed E-state index contributed by atoms with van der Waals surface area (Å²) < 4.78 is 2.89. The maximum Gasteiger partial charge on any atom is 0.239 e. The molecule has 0 saturated heterocycles. The summed E-state index contributed by atoms with van der Waals surface area (Å²) in [6.07, 6.45) is 1.63. The number of hydrogen-bond acceptors (Lipinski definition) is 6. The predicted molar refractivity (Wildman–Crippen MR) is 114 cm³/mol. The fraction of sp³-hybridized carbons (Fsp3) is 0.200. The summed E-state index contributed by atoms with van der Waals surface area (Å²) >= 11 is 2.93. The molecule has 2 aromatic heterocycles. The highest BCUT2D eigenvalue weighted by molar-refractivity contribution is 7.99. The van der Waals surface area contributed by atoms with Gasteiger partial charge >= 0.3 is 0 Å². The first-order chi connectivity index (χ1) is 13.6. The standard InChI is InChI=1S/C20H19N5OS2/c1-14-7-6-10-16-18(14)22-19(28-16)25(11-15-8-4-3-5-9-15)17(26)12-27-20-23-21-13-24(20)2/h3-10,13H,11-12H2,1-2H3. The highest BCUT2D eigenvalue weighted by atomic mass is 32.2. The van der Waals surface area contributed by atoms with E-state index in [9.17, 15) is 4.79 Å². The Bertz CT molecular complexity index is 1110.